The molecule has 2 N–H and O–H groups in total. The van der Waals surface area contributed by atoms with Gasteiger partial charge in [0.05, 0.1) is 18.6 Å². The number of ether oxygens (including phenoxy) is 2. The lowest BCUT2D eigenvalue weighted by Crippen LogP contribution is -2.40. The van der Waals surface area contributed by atoms with Crippen LogP contribution in [0.25, 0.3) is 11.1 Å². The minimum absolute atomic E-state index is 0.0865. The van der Waals surface area contributed by atoms with Crippen LogP contribution in [-0.4, -0.2) is 47.3 Å². The van der Waals surface area contributed by atoms with Gasteiger partial charge in [-0.05, 0) is 56.2 Å². The molecule has 188 valence electrons. The molecule has 8 nitrogen and oxygen atoms in total. The third-order valence-corrected chi connectivity index (χ3v) is 6.38. The molecule has 0 bridgehead atoms. The highest BCUT2D eigenvalue weighted by atomic mass is 16.5. The topological polar surface area (TPSA) is 110 Å². The Hall–Kier alpha value is -3.94. The fourth-order valence-electron chi connectivity index (χ4n) is 4.33. The van der Waals surface area contributed by atoms with Crippen LogP contribution in [0.1, 0.15) is 59.7 Å². The van der Waals surface area contributed by atoms with Crippen molar-refractivity contribution in [3.05, 3.63) is 77.6 Å². The van der Waals surface area contributed by atoms with Gasteiger partial charge in [0.25, 0.3) is 5.91 Å². The monoisotopic (exact) mass is 489 g/mol. The van der Waals surface area contributed by atoms with Crippen LogP contribution in [0.15, 0.2) is 60.7 Å². The Bertz CT molecular complexity index is 1200. The van der Waals surface area contributed by atoms with Gasteiger partial charge in [0, 0.05) is 12.1 Å². The summed E-state index contributed by atoms with van der Waals surface area (Å²) >= 11 is 0. The maximum Gasteiger partial charge on any atom is 0.356 e. The second-order valence-corrected chi connectivity index (χ2v) is 9.03. The van der Waals surface area contributed by atoms with E-state index >= 15 is 0 Å². The van der Waals surface area contributed by atoms with Crippen LogP contribution in [-0.2, 0) is 20.7 Å². The zero-order chi connectivity index (χ0) is 25.5. The van der Waals surface area contributed by atoms with Crippen molar-refractivity contribution in [2.24, 2.45) is 5.41 Å². The summed E-state index contributed by atoms with van der Waals surface area (Å²) in [6, 6.07) is 19.3. The average Bonchev–Trinajstić information content (AvgIpc) is 3.49. The second kappa shape index (κ2) is 11.2. The van der Waals surface area contributed by atoms with Crippen molar-refractivity contribution in [2.75, 3.05) is 13.2 Å². The Morgan fingerprint density at radius 3 is 2.28 bits per heavy atom. The Labute approximate surface area is 210 Å². The first-order chi connectivity index (χ1) is 17.4. The van der Waals surface area contributed by atoms with E-state index in [0.717, 1.165) is 29.5 Å². The average molecular weight is 490 g/mol. The van der Waals surface area contributed by atoms with Gasteiger partial charge in [-0.1, -0.05) is 54.6 Å². The van der Waals surface area contributed by atoms with Gasteiger partial charge >= 0.3 is 11.9 Å². The van der Waals surface area contributed by atoms with Crippen molar-refractivity contribution in [1.82, 2.24) is 15.5 Å². The van der Waals surface area contributed by atoms with E-state index in [9.17, 15) is 14.4 Å². The molecule has 1 aliphatic rings. The summed E-state index contributed by atoms with van der Waals surface area (Å²) in [6.07, 6.45) is 2.48. The van der Waals surface area contributed by atoms with E-state index in [2.05, 4.69) is 39.8 Å². The molecule has 1 aliphatic carbocycles. The van der Waals surface area contributed by atoms with Crippen molar-refractivity contribution in [3.63, 3.8) is 0 Å². The maximum absolute atomic E-state index is 13.0. The smallest absolute Gasteiger partial charge is 0.356 e. The minimum atomic E-state index is -0.571. The molecular weight excluding hydrogens is 458 g/mol. The third kappa shape index (κ3) is 6.00. The number of rotatable bonds is 11. The summed E-state index contributed by atoms with van der Waals surface area (Å²) in [5.41, 5.74) is 2.90. The second-order valence-electron chi connectivity index (χ2n) is 9.03. The Morgan fingerprint density at radius 1 is 0.972 bits per heavy atom. The molecule has 0 spiro atoms. The first-order valence-electron chi connectivity index (χ1n) is 12.3. The number of nitrogens with one attached hydrogen (secondary N) is 2. The molecule has 4 rings (SSSR count). The summed E-state index contributed by atoms with van der Waals surface area (Å²) in [5.74, 6) is -1.21. The molecule has 1 heterocycles. The molecule has 1 aromatic heterocycles. The lowest BCUT2D eigenvalue weighted by molar-refractivity contribution is -0.150. The van der Waals surface area contributed by atoms with Gasteiger partial charge in [-0.2, -0.15) is 5.10 Å². The van der Waals surface area contributed by atoms with E-state index in [4.69, 9.17) is 9.47 Å². The quantitative estimate of drug-likeness (QED) is 0.388. The van der Waals surface area contributed by atoms with Crippen molar-refractivity contribution >= 4 is 17.8 Å². The van der Waals surface area contributed by atoms with Crippen molar-refractivity contribution in [1.29, 1.82) is 0 Å². The number of aromatic amines is 1. The number of hydrogen-bond donors (Lipinski definition) is 2. The number of amides is 1. The van der Waals surface area contributed by atoms with E-state index < -0.39 is 17.3 Å². The molecule has 0 unspecified atom stereocenters. The van der Waals surface area contributed by atoms with Gasteiger partial charge in [0.2, 0.25) is 0 Å². The zero-order valence-corrected chi connectivity index (χ0v) is 20.6. The van der Waals surface area contributed by atoms with Gasteiger partial charge in [-0.3, -0.25) is 14.7 Å². The van der Waals surface area contributed by atoms with Crippen molar-refractivity contribution < 1.29 is 23.9 Å². The maximum atomic E-state index is 13.0. The number of H-pyrrole nitrogens is 1. The molecule has 0 radical (unpaired) electrons. The van der Waals surface area contributed by atoms with Gasteiger partial charge < -0.3 is 14.8 Å². The first kappa shape index (κ1) is 25.2. The molecule has 3 aromatic rings. The fraction of sp³-hybridized carbons (Fsp3) is 0.357. The molecule has 2 aromatic carbocycles. The predicted molar refractivity (Wildman–Crippen MR) is 134 cm³/mol. The highest BCUT2D eigenvalue weighted by Crippen LogP contribution is 2.51. The molecule has 36 heavy (non-hydrogen) atoms. The molecule has 0 aliphatic heterocycles. The predicted octanol–water partition coefficient (Wildman–Crippen LogP) is 4.33. The Balaban J connectivity index is 1.50. The standard InChI is InChI=1S/C28H31N3O5/c1-3-35-26(33)24-17-23(30-31-24)25(32)29-22(18-28(14-15-28)27(34)36-4-2)16-19-10-12-21(13-11-19)20-8-6-5-7-9-20/h5-13,17,22H,3-4,14-16,18H2,1-2H3,(H,29,32)(H,30,31)/t22-/m1/s1. The number of hydrogen-bond acceptors (Lipinski definition) is 6. The van der Waals surface area contributed by atoms with Gasteiger partial charge in [0.15, 0.2) is 5.69 Å². The number of esters is 2. The van der Waals surface area contributed by atoms with Gasteiger partial charge in [0.1, 0.15) is 5.69 Å². The minimum Gasteiger partial charge on any atom is -0.466 e. The molecule has 1 atom stereocenters. The molecule has 0 saturated heterocycles. The van der Waals surface area contributed by atoms with Crippen LogP contribution < -0.4 is 5.32 Å². The summed E-state index contributed by atoms with van der Waals surface area (Å²) in [4.78, 5) is 37.6. The van der Waals surface area contributed by atoms with E-state index in [1.807, 2.05) is 30.3 Å². The molecule has 1 amide bonds. The lowest BCUT2D eigenvalue weighted by atomic mass is 9.92. The van der Waals surface area contributed by atoms with Crippen molar-refractivity contribution in [3.8, 4) is 11.1 Å². The van der Waals surface area contributed by atoms with E-state index in [0.29, 0.717) is 19.4 Å². The van der Waals surface area contributed by atoms with Crippen LogP contribution in [0.4, 0.5) is 0 Å². The number of aromatic nitrogens is 2. The highest BCUT2D eigenvalue weighted by Gasteiger charge is 2.52. The molecular formula is C28H31N3O5. The largest absolute Gasteiger partial charge is 0.466 e. The summed E-state index contributed by atoms with van der Waals surface area (Å²) < 4.78 is 10.3. The molecule has 1 saturated carbocycles. The highest BCUT2D eigenvalue weighted by molar-refractivity contribution is 5.96. The van der Waals surface area contributed by atoms with E-state index in [-0.39, 0.29) is 30.0 Å². The third-order valence-electron chi connectivity index (χ3n) is 6.38. The van der Waals surface area contributed by atoms with Gasteiger partial charge in [-0.25, -0.2) is 4.79 Å². The Morgan fingerprint density at radius 2 is 1.64 bits per heavy atom. The van der Waals surface area contributed by atoms with Crippen LogP contribution in [0.5, 0.6) is 0 Å². The van der Waals surface area contributed by atoms with E-state index in [1.54, 1.807) is 13.8 Å². The lowest BCUT2D eigenvalue weighted by Gasteiger charge is -2.23. The van der Waals surface area contributed by atoms with Crippen LogP contribution in [0, 0.1) is 5.41 Å². The first-order valence-corrected chi connectivity index (χ1v) is 12.3. The fourth-order valence-corrected chi connectivity index (χ4v) is 4.33. The number of carbonyl (C=O) groups is 3. The number of carbonyl (C=O) groups excluding carboxylic acids is 3. The number of nitrogens with zero attached hydrogens (tertiary/aromatic N) is 1. The SMILES string of the molecule is CCOC(=O)c1cc(C(=O)N[C@H](Cc2ccc(-c3ccccc3)cc2)CC2(C(=O)OCC)CC2)n[nH]1. The normalized spacial score (nSPS) is 14.5. The van der Waals surface area contributed by atoms with Crippen molar-refractivity contribution in [2.45, 2.75) is 45.6 Å². The van der Waals surface area contributed by atoms with E-state index in [1.165, 1.54) is 6.07 Å². The van der Waals surface area contributed by atoms with Crippen LogP contribution in [0.2, 0.25) is 0 Å². The van der Waals surface area contributed by atoms with Gasteiger partial charge in [-0.15, -0.1) is 0 Å². The molecule has 8 heteroatoms. The molecule has 1 fully saturated rings. The zero-order valence-electron chi connectivity index (χ0n) is 20.6. The van der Waals surface area contributed by atoms with Crippen LogP contribution >= 0.6 is 0 Å². The Kier molecular flexibility index (Phi) is 7.83. The summed E-state index contributed by atoms with van der Waals surface area (Å²) in [6.45, 7) is 4.04. The van der Waals surface area contributed by atoms with Crippen LogP contribution in [0.3, 0.4) is 0 Å². The summed E-state index contributed by atoms with van der Waals surface area (Å²) in [5, 5.41) is 9.55. The number of benzene rings is 2. The summed E-state index contributed by atoms with van der Waals surface area (Å²) in [7, 11) is 0.